The van der Waals surface area contributed by atoms with E-state index in [0.29, 0.717) is 24.5 Å². The van der Waals surface area contributed by atoms with Gasteiger partial charge in [-0.1, -0.05) is 99.0 Å². The highest BCUT2D eigenvalue weighted by Gasteiger charge is 2.30. The largest absolute Gasteiger partial charge is 0.320 e. The lowest BCUT2D eigenvalue weighted by Gasteiger charge is -2.34. The zero-order valence-corrected chi connectivity index (χ0v) is 24.5. The van der Waals surface area contributed by atoms with Crippen LogP contribution in [0.2, 0.25) is 0 Å². The summed E-state index contributed by atoms with van der Waals surface area (Å²) in [6, 6.07) is 22.7. The van der Waals surface area contributed by atoms with Gasteiger partial charge in [-0.25, -0.2) is 5.53 Å². The summed E-state index contributed by atoms with van der Waals surface area (Å²) in [6.07, 6.45) is 15.9. The first-order chi connectivity index (χ1) is 20.9. The van der Waals surface area contributed by atoms with Crippen molar-refractivity contribution in [1.29, 1.82) is 5.53 Å². The van der Waals surface area contributed by atoms with Crippen LogP contribution in [0.3, 0.4) is 0 Å². The van der Waals surface area contributed by atoms with Gasteiger partial charge >= 0.3 is 0 Å². The molecule has 43 heavy (non-hydrogen) atoms. The highest BCUT2D eigenvalue weighted by Crippen LogP contribution is 2.35. The lowest BCUT2D eigenvalue weighted by atomic mass is 9.81. The zero-order valence-electron chi connectivity index (χ0n) is 24.5. The van der Waals surface area contributed by atoms with Crippen molar-refractivity contribution < 1.29 is 9.59 Å². The fourth-order valence-electron chi connectivity index (χ4n) is 5.99. The van der Waals surface area contributed by atoms with Crippen molar-refractivity contribution in [2.45, 2.75) is 51.4 Å². The number of fused-ring (bicyclic) bond motifs is 1. The molecule has 1 unspecified atom stereocenters. The number of nitrogens with zero attached hydrogens (tertiary/aromatic N) is 3. The van der Waals surface area contributed by atoms with Gasteiger partial charge in [-0.15, -0.1) is 10.2 Å². The number of allylic oxidation sites excluding steroid dienone is 1. The van der Waals surface area contributed by atoms with Crippen molar-refractivity contribution in [2.75, 3.05) is 11.4 Å². The van der Waals surface area contributed by atoms with Crippen LogP contribution in [0.1, 0.15) is 62.5 Å². The second-order valence-corrected chi connectivity index (χ2v) is 11.6. The molecular weight excluding hydrogens is 536 g/mol. The quantitative estimate of drug-likeness (QED) is 0.0690. The summed E-state index contributed by atoms with van der Waals surface area (Å²) >= 11 is 0. The molecule has 8 nitrogen and oxygen atoms in total. The summed E-state index contributed by atoms with van der Waals surface area (Å²) in [4.78, 5) is 28.3. The van der Waals surface area contributed by atoms with Crippen molar-refractivity contribution in [1.82, 2.24) is 5.32 Å². The Morgan fingerprint density at radius 3 is 2.49 bits per heavy atom. The van der Waals surface area contributed by atoms with Crippen molar-refractivity contribution >= 4 is 40.3 Å². The number of amides is 2. The number of anilines is 1. The van der Waals surface area contributed by atoms with E-state index in [9.17, 15) is 9.59 Å². The fraction of sp³-hybridized carbons (Fsp3) is 0.286. The Morgan fingerprint density at radius 2 is 1.79 bits per heavy atom. The van der Waals surface area contributed by atoms with Crippen LogP contribution < -0.4 is 16.1 Å². The minimum absolute atomic E-state index is 0.110. The third-order valence-corrected chi connectivity index (χ3v) is 8.46. The Balaban J connectivity index is 1.39. The normalized spacial score (nSPS) is 19.3. The monoisotopic (exact) mass is 574 g/mol. The molecule has 0 saturated heterocycles. The van der Waals surface area contributed by atoms with E-state index < -0.39 is 11.3 Å². The number of hydrogen-bond acceptors (Lipinski definition) is 5. The maximum atomic E-state index is 13.9. The number of nitrogens with one attached hydrogen (secondary N) is 2. The van der Waals surface area contributed by atoms with E-state index >= 15 is 0 Å². The Labute approximate surface area is 252 Å². The van der Waals surface area contributed by atoms with Crippen molar-refractivity contribution in [3.05, 3.63) is 108 Å². The summed E-state index contributed by atoms with van der Waals surface area (Å²) in [6.45, 7) is 2.50. The van der Waals surface area contributed by atoms with Crippen LogP contribution in [0.5, 0.6) is 0 Å². The van der Waals surface area contributed by atoms with E-state index in [1.165, 1.54) is 37.7 Å². The van der Waals surface area contributed by atoms with Crippen molar-refractivity contribution in [3.8, 4) is 0 Å². The Morgan fingerprint density at radius 1 is 1.05 bits per heavy atom. The van der Waals surface area contributed by atoms with Gasteiger partial charge in [0.2, 0.25) is 0 Å². The Hall–Kier alpha value is -4.85. The molecule has 0 aliphatic heterocycles. The average molecular weight is 575 g/mol. The van der Waals surface area contributed by atoms with Gasteiger partial charge in [0.25, 0.3) is 17.8 Å². The van der Waals surface area contributed by atoms with E-state index in [1.807, 2.05) is 47.4 Å². The number of carbonyl (C=O) groups is 2. The maximum absolute atomic E-state index is 13.9. The number of hydrazone groups is 1. The van der Waals surface area contributed by atoms with Crippen LogP contribution in [-0.4, -0.2) is 24.3 Å². The first kappa shape index (κ1) is 29.6. The topological polar surface area (TPSA) is 124 Å². The van der Waals surface area contributed by atoms with Crippen LogP contribution >= 0.6 is 0 Å². The molecule has 1 fully saturated rings. The van der Waals surface area contributed by atoms with Gasteiger partial charge in [0.05, 0.1) is 0 Å². The first-order valence-corrected chi connectivity index (χ1v) is 14.8. The number of guanidine groups is 1. The molecular formula is C35H38N6O2. The zero-order chi connectivity index (χ0) is 30.2. The Kier molecular flexibility index (Phi) is 9.25. The average Bonchev–Trinajstić information content (AvgIpc) is 3.05. The molecule has 2 aliphatic rings. The highest BCUT2D eigenvalue weighted by atomic mass is 16.2. The van der Waals surface area contributed by atoms with E-state index in [-0.39, 0.29) is 11.9 Å². The van der Waals surface area contributed by atoms with Gasteiger partial charge in [0.15, 0.2) is 0 Å². The molecule has 0 heterocycles. The molecule has 220 valence electrons. The lowest BCUT2D eigenvalue weighted by molar-refractivity contribution is -0.116. The van der Waals surface area contributed by atoms with E-state index in [1.54, 1.807) is 12.2 Å². The van der Waals surface area contributed by atoms with Gasteiger partial charge in [-0.2, -0.15) is 0 Å². The van der Waals surface area contributed by atoms with Gasteiger partial charge in [0, 0.05) is 29.3 Å². The molecule has 3 aromatic rings. The summed E-state index contributed by atoms with van der Waals surface area (Å²) in [7, 11) is 0. The predicted molar refractivity (Wildman–Crippen MR) is 172 cm³/mol. The maximum Gasteiger partial charge on any atom is 0.265 e. The molecule has 4 N–H and O–H groups in total. The molecule has 8 heteroatoms. The molecule has 0 aromatic heterocycles. The number of nitrogens with two attached hydrogens (primary N) is 1. The number of carbonyl (C=O) groups excluding carboxylic acids is 2. The lowest BCUT2D eigenvalue weighted by Crippen LogP contribution is -2.39. The van der Waals surface area contributed by atoms with E-state index in [4.69, 9.17) is 11.4 Å². The summed E-state index contributed by atoms with van der Waals surface area (Å²) < 4.78 is 0. The second kappa shape index (κ2) is 13.4. The first-order valence-electron chi connectivity index (χ1n) is 14.8. The Bertz CT molecular complexity index is 1610. The molecule has 0 bridgehead atoms. The van der Waals surface area contributed by atoms with E-state index in [0.717, 1.165) is 22.0 Å². The second-order valence-electron chi connectivity index (χ2n) is 11.6. The number of hydrogen-bond donors (Lipinski definition) is 3. The predicted octanol–water partition coefficient (Wildman–Crippen LogP) is 7.20. The molecule has 1 atom stereocenters. The summed E-state index contributed by atoms with van der Waals surface area (Å²) in [5.41, 5.74) is 10.2. The molecule has 0 spiro atoms. The molecule has 2 amide bonds. The van der Waals surface area contributed by atoms with Gasteiger partial charge in [0.1, 0.15) is 0 Å². The van der Waals surface area contributed by atoms with E-state index in [2.05, 4.69) is 64.9 Å². The van der Waals surface area contributed by atoms with Gasteiger partial charge < -0.3 is 10.7 Å². The van der Waals surface area contributed by atoms with Gasteiger partial charge in [-0.05, 0) is 65.3 Å². The molecule has 3 aromatic carbocycles. The number of rotatable bonds is 7. The molecule has 1 saturated carbocycles. The molecule has 0 radical (unpaired) electrons. The highest BCUT2D eigenvalue weighted by molar-refractivity contribution is 6.07. The third-order valence-electron chi connectivity index (χ3n) is 8.46. The number of benzene rings is 3. The van der Waals surface area contributed by atoms with Crippen LogP contribution in [0.25, 0.3) is 16.8 Å². The third kappa shape index (κ3) is 7.15. The molecule has 2 aliphatic carbocycles. The fourth-order valence-corrected chi connectivity index (χ4v) is 5.99. The van der Waals surface area contributed by atoms with Crippen molar-refractivity contribution in [3.63, 3.8) is 0 Å². The van der Waals surface area contributed by atoms with Gasteiger partial charge in [-0.3, -0.25) is 14.9 Å². The smallest absolute Gasteiger partial charge is 0.265 e. The molecule has 5 rings (SSSR count). The SMILES string of the molecule is CC1(CN(C(=O)/C=C/c2cccc3ccccc23)c2ccc(C3CCCCC3)cc2)C=CC(C(=O)N/C(N=N)=N/N)=CC1. The van der Waals surface area contributed by atoms with Crippen LogP contribution in [0.15, 0.2) is 107 Å². The standard InChI is InChI=1S/C35H38N6O2/c1-35(22-20-29(21-23-35)33(43)38-34(39-36)40-37)24-41(30-17-14-26(15-18-30)25-8-3-2-4-9-25)32(42)19-16-28-12-7-11-27-10-5-6-13-31(27)28/h5-7,10-22,25,36H,2-4,8-9,23-24,37H2,1H3,(H,38,40,43)/b19-16+,39-36?. The summed E-state index contributed by atoms with van der Waals surface area (Å²) in [5.74, 6) is 4.93. The van der Waals surface area contributed by atoms with Crippen LogP contribution in [0.4, 0.5) is 5.69 Å². The minimum Gasteiger partial charge on any atom is -0.320 e. The van der Waals surface area contributed by atoms with Crippen molar-refractivity contribution in [2.24, 2.45) is 21.5 Å². The minimum atomic E-state index is -0.442. The summed E-state index contributed by atoms with van der Waals surface area (Å²) in [5, 5.41) is 11.0. The van der Waals surface area contributed by atoms with Crippen LogP contribution in [-0.2, 0) is 9.59 Å². The van der Waals surface area contributed by atoms with Crippen LogP contribution in [0, 0.1) is 10.9 Å².